The molecule has 1 heterocycles. The molecule has 2 atom stereocenters. The Morgan fingerprint density at radius 2 is 1.90 bits per heavy atom. The van der Waals surface area contributed by atoms with Gasteiger partial charge in [0.25, 0.3) is 0 Å². The van der Waals surface area contributed by atoms with E-state index >= 15 is 0 Å². The van der Waals surface area contributed by atoms with Gasteiger partial charge in [0.05, 0.1) is 5.25 Å². The van der Waals surface area contributed by atoms with Crippen molar-refractivity contribution in [2.75, 3.05) is 6.54 Å². The molecule has 21 heavy (non-hydrogen) atoms. The van der Waals surface area contributed by atoms with Gasteiger partial charge in [-0.05, 0) is 26.3 Å². The van der Waals surface area contributed by atoms with Gasteiger partial charge in [0.1, 0.15) is 5.60 Å². The third-order valence-corrected chi connectivity index (χ3v) is 4.41. The lowest BCUT2D eigenvalue weighted by atomic mass is 10.1. The second kappa shape index (κ2) is 5.97. The summed E-state index contributed by atoms with van der Waals surface area (Å²) in [5.74, 6) is -1.02. The van der Waals surface area contributed by atoms with E-state index in [1.165, 1.54) is 16.7 Å². The molecule has 1 aliphatic rings. The monoisotopic (exact) mass is 309 g/mol. The molecule has 1 aliphatic heterocycles. The third kappa shape index (κ3) is 3.91. The second-order valence-electron chi connectivity index (χ2n) is 5.86. The first-order valence-corrected chi connectivity index (χ1v) is 7.65. The van der Waals surface area contributed by atoms with Crippen molar-refractivity contribution in [2.24, 2.45) is 0 Å². The smallest absolute Gasteiger partial charge is 0.411 e. The number of carboxylic acids is 1. The van der Waals surface area contributed by atoms with E-state index in [-0.39, 0.29) is 5.25 Å². The van der Waals surface area contributed by atoms with Gasteiger partial charge in [0, 0.05) is 6.54 Å². The van der Waals surface area contributed by atoms with Crippen LogP contribution in [0.4, 0.5) is 4.79 Å². The topological polar surface area (TPSA) is 66.8 Å². The number of carbonyl (C=O) groups excluding carboxylic acids is 1. The zero-order valence-electron chi connectivity index (χ0n) is 12.3. The summed E-state index contributed by atoms with van der Waals surface area (Å²) in [6.45, 7) is 5.62. The van der Waals surface area contributed by atoms with Gasteiger partial charge in [-0.1, -0.05) is 30.3 Å². The predicted octanol–water partition coefficient (Wildman–Crippen LogP) is 3.12. The molecule has 5 nitrogen and oxygen atoms in total. The van der Waals surface area contributed by atoms with E-state index in [0.717, 1.165) is 5.56 Å². The standard InChI is InChI=1S/C15H19NO4S/c1-15(2,3)20-14(19)16-9-11(21-12(16)13(17)18)10-7-5-4-6-8-10/h4-8,11-12H,9H2,1-3H3,(H,17,18)/t11-,12+/m1/s1. The SMILES string of the molecule is CC(C)(C)OC(=O)N1C[C@H](c2ccccc2)S[C@H]1C(=O)O. The lowest BCUT2D eigenvalue weighted by Crippen LogP contribution is -2.42. The Hall–Kier alpha value is -1.69. The highest BCUT2D eigenvalue weighted by molar-refractivity contribution is 8.01. The van der Waals surface area contributed by atoms with Crippen LogP contribution in [0.1, 0.15) is 31.6 Å². The normalized spacial score (nSPS) is 22.1. The number of aliphatic carboxylic acids is 1. The quantitative estimate of drug-likeness (QED) is 0.909. The summed E-state index contributed by atoms with van der Waals surface area (Å²) in [7, 11) is 0. The molecule has 1 amide bonds. The molecule has 1 aromatic rings. The van der Waals surface area contributed by atoms with E-state index in [4.69, 9.17) is 4.74 Å². The van der Waals surface area contributed by atoms with Crippen LogP contribution in [-0.2, 0) is 9.53 Å². The molecule has 0 radical (unpaired) electrons. The van der Waals surface area contributed by atoms with E-state index in [1.54, 1.807) is 20.8 Å². The predicted molar refractivity (Wildman–Crippen MR) is 81.1 cm³/mol. The first-order chi connectivity index (χ1) is 9.78. The van der Waals surface area contributed by atoms with Crippen molar-refractivity contribution in [1.82, 2.24) is 4.90 Å². The fourth-order valence-corrected chi connectivity index (χ4v) is 3.39. The number of benzene rings is 1. The highest BCUT2D eigenvalue weighted by Gasteiger charge is 2.42. The van der Waals surface area contributed by atoms with Gasteiger partial charge in [0.15, 0.2) is 5.37 Å². The highest BCUT2D eigenvalue weighted by Crippen LogP contribution is 2.41. The van der Waals surface area contributed by atoms with Crippen LogP contribution in [0.15, 0.2) is 30.3 Å². The molecule has 2 rings (SSSR count). The zero-order chi connectivity index (χ0) is 15.6. The Bertz CT molecular complexity index is 526. The maximum absolute atomic E-state index is 12.2. The molecule has 6 heteroatoms. The van der Waals surface area contributed by atoms with Crippen molar-refractivity contribution < 1.29 is 19.4 Å². The number of nitrogens with zero attached hydrogens (tertiary/aromatic N) is 1. The Labute approximate surface area is 128 Å². The summed E-state index contributed by atoms with van der Waals surface area (Å²) in [4.78, 5) is 24.9. The van der Waals surface area contributed by atoms with Crippen LogP contribution in [0.2, 0.25) is 0 Å². The third-order valence-electron chi connectivity index (χ3n) is 2.95. The highest BCUT2D eigenvalue weighted by atomic mass is 32.2. The van der Waals surface area contributed by atoms with Gasteiger partial charge in [0.2, 0.25) is 0 Å². The van der Waals surface area contributed by atoms with Gasteiger partial charge < -0.3 is 9.84 Å². The molecule has 0 aliphatic carbocycles. The molecular formula is C15H19NO4S. The molecule has 0 aromatic heterocycles. The lowest BCUT2D eigenvalue weighted by Gasteiger charge is -2.26. The van der Waals surface area contributed by atoms with Crippen molar-refractivity contribution in [2.45, 2.75) is 37.0 Å². The van der Waals surface area contributed by atoms with Crippen LogP contribution in [-0.4, -0.2) is 39.6 Å². The average Bonchev–Trinajstić information content (AvgIpc) is 2.83. The van der Waals surface area contributed by atoms with Crippen LogP contribution in [0.5, 0.6) is 0 Å². The maximum Gasteiger partial charge on any atom is 0.411 e. The van der Waals surface area contributed by atoms with Crippen molar-refractivity contribution in [3.8, 4) is 0 Å². The molecule has 1 saturated heterocycles. The molecule has 1 N–H and O–H groups in total. The largest absolute Gasteiger partial charge is 0.479 e. The number of carbonyl (C=O) groups is 2. The van der Waals surface area contributed by atoms with Crippen molar-refractivity contribution in [1.29, 1.82) is 0 Å². The molecule has 0 unspecified atom stereocenters. The Morgan fingerprint density at radius 1 is 1.29 bits per heavy atom. The van der Waals surface area contributed by atoms with Crippen LogP contribution >= 0.6 is 11.8 Å². The Balaban J connectivity index is 2.16. The van der Waals surface area contributed by atoms with E-state index < -0.39 is 23.0 Å². The zero-order valence-corrected chi connectivity index (χ0v) is 13.1. The molecule has 0 bridgehead atoms. The summed E-state index contributed by atoms with van der Waals surface area (Å²) >= 11 is 1.26. The van der Waals surface area contributed by atoms with Crippen molar-refractivity contribution in [3.05, 3.63) is 35.9 Å². The fourth-order valence-electron chi connectivity index (χ4n) is 2.08. The molecule has 1 aromatic carbocycles. The number of thioether (sulfide) groups is 1. The number of rotatable bonds is 2. The van der Waals surface area contributed by atoms with Gasteiger partial charge in [-0.3, -0.25) is 4.90 Å². The van der Waals surface area contributed by atoms with Gasteiger partial charge in [-0.15, -0.1) is 11.8 Å². The number of carboxylic acid groups (broad SMARTS) is 1. The molecule has 1 fully saturated rings. The molecule has 114 valence electrons. The fraction of sp³-hybridized carbons (Fsp3) is 0.467. The van der Waals surface area contributed by atoms with E-state index in [1.807, 2.05) is 30.3 Å². The van der Waals surface area contributed by atoms with Crippen LogP contribution in [0.3, 0.4) is 0 Å². The van der Waals surface area contributed by atoms with E-state index in [2.05, 4.69) is 0 Å². The molecule has 0 spiro atoms. The first-order valence-electron chi connectivity index (χ1n) is 6.71. The minimum Gasteiger partial charge on any atom is -0.479 e. The molecular weight excluding hydrogens is 290 g/mol. The van der Waals surface area contributed by atoms with Gasteiger partial charge in [-0.25, -0.2) is 9.59 Å². The minimum atomic E-state index is -1.02. The van der Waals surface area contributed by atoms with Gasteiger partial charge >= 0.3 is 12.1 Å². The Kier molecular flexibility index (Phi) is 4.46. The molecule has 0 saturated carbocycles. The van der Waals surface area contributed by atoms with Crippen LogP contribution < -0.4 is 0 Å². The van der Waals surface area contributed by atoms with E-state index in [0.29, 0.717) is 6.54 Å². The van der Waals surface area contributed by atoms with Crippen molar-refractivity contribution in [3.63, 3.8) is 0 Å². The van der Waals surface area contributed by atoms with Gasteiger partial charge in [-0.2, -0.15) is 0 Å². The number of hydrogen-bond donors (Lipinski definition) is 1. The summed E-state index contributed by atoms with van der Waals surface area (Å²) in [5, 5.41) is 8.36. The number of hydrogen-bond acceptors (Lipinski definition) is 4. The number of ether oxygens (including phenoxy) is 1. The first kappa shape index (κ1) is 15.7. The summed E-state index contributed by atoms with van der Waals surface area (Å²) in [5.41, 5.74) is 0.370. The van der Waals surface area contributed by atoms with Crippen LogP contribution in [0.25, 0.3) is 0 Å². The summed E-state index contributed by atoms with van der Waals surface area (Å²) < 4.78 is 5.30. The van der Waals surface area contributed by atoms with E-state index in [9.17, 15) is 14.7 Å². The number of amides is 1. The summed E-state index contributed by atoms with van der Waals surface area (Å²) in [6.07, 6.45) is -0.583. The minimum absolute atomic E-state index is 0.0557. The van der Waals surface area contributed by atoms with Crippen molar-refractivity contribution >= 4 is 23.8 Å². The second-order valence-corrected chi connectivity index (χ2v) is 7.15. The summed E-state index contributed by atoms with van der Waals surface area (Å²) in [6, 6.07) is 9.59. The Morgan fingerprint density at radius 3 is 2.43 bits per heavy atom. The maximum atomic E-state index is 12.2. The lowest BCUT2D eigenvalue weighted by molar-refractivity contribution is -0.139. The van der Waals surface area contributed by atoms with Crippen LogP contribution in [0, 0.1) is 0 Å². The average molecular weight is 309 g/mol.